The van der Waals surface area contributed by atoms with Crippen molar-refractivity contribution in [3.8, 4) is 6.07 Å². The SMILES string of the molecule is CC1(C#N)CCN(C(=O)c2cncs2)CC1. The number of amides is 1. The zero-order chi connectivity index (χ0) is 11.6. The molecule has 0 spiro atoms. The summed E-state index contributed by atoms with van der Waals surface area (Å²) >= 11 is 1.36. The number of rotatable bonds is 1. The van der Waals surface area contributed by atoms with Crippen LogP contribution in [0.25, 0.3) is 0 Å². The molecule has 1 fully saturated rings. The van der Waals surface area contributed by atoms with E-state index in [0.717, 1.165) is 12.8 Å². The Morgan fingerprint density at radius 3 is 2.81 bits per heavy atom. The Morgan fingerprint density at radius 2 is 2.31 bits per heavy atom. The number of carbonyl (C=O) groups excluding carboxylic acids is 1. The fourth-order valence-electron chi connectivity index (χ4n) is 1.79. The van der Waals surface area contributed by atoms with E-state index >= 15 is 0 Å². The Bertz CT molecular complexity index is 413. The lowest BCUT2D eigenvalue weighted by molar-refractivity contribution is 0.0666. The van der Waals surface area contributed by atoms with E-state index in [2.05, 4.69) is 11.1 Å². The van der Waals surface area contributed by atoms with E-state index in [1.165, 1.54) is 11.3 Å². The van der Waals surface area contributed by atoms with Gasteiger partial charge in [0.2, 0.25) is 0 Å². The highest BCUT2D eigenvalue weighted by atomic mass is 32.1. The van der Waals surface area contributed by atoms with Crippen LogP contribution >= 0.6 is 11.3 Å². The number of carbonyl (C=O) groups is 1. The monoisotopic (exact) mass is 235 g/mol. The van der Waals surface area contributed by atoms with Gasteiger partial charge in [0.15, 0.2) is 0 Å². The summed E-state index contributed by atoms with van der Waals surface area (Å²) < 4.78 is 0. The second kappa shape index (κ2) is 4.22. The van der Waals surface area contributed by atoms with Crippen LogP contribution in [-0.2, 0) is 0 Å². The van der Waals surface area contributed by atoms with Gasteiger partial charge < -0.3 is 4.90 Å². The molecule has 1 aliphatic heterocycles. The number of thiazole rings is 1. The van der Waals surface area contributed by atoms with E-state index in [9.17, 15) is 4.79 Å². The maximum atomic E-state index is 12.0. The van der Waals surface area contributed by atoms with E-state index < -0.39 is 0 Å². The highest BCUT2D eigenvalue weighted by molar-refractivity contribution is 7.11. The van der Waals surface area contributed by atoms with Crippen molar-refractivity contribution in [3.63, 3.8) is 0 Å². The van der Waals surface area contributed by atoms with Crippen molar-refractivity contribution in [2.24, 2.45) is 5.41 Å². The van der Waals surface area contributed by atoms with E-state index in [-0.39, 0.29) is 11.3 Å². The summed E-state index contributed by atoms with van der Waals surface area (Å²) in [6.45, 7) is 3.29. The smallest absolute Gasteiger partial charge is 0.265 e. The standard InChI is InChI=1S/C11H13N3OS/c1-11(7-12)2-4-14(5-3-11)10(15)9-6-13-8-16-9/h6,8H,2-5H2,1H3. The number of nitrogens with zero attached hydrogens (tertiary/aromatic N) is 3. The summed E-state index contributed by atoms with van der Waals surface area (Å²) in [4.78, 5) is 18.4. The van der Waals surface area contributed by atoms with Crippen LogP contribution in [0.1, 0.15) is 29.4 Å². The van der Waals surface area contributed by atoms with Crippen LogP contribution in [0.2, 0.25) is 0 Å². The predicted octanol–water partition coefficient (Wildman–Crippen LogP) is 1.91. The van der Waals surface area contributed by atoms with Crippen molar-refractivity contribution in [2.75, 3.05) is 13.1 Å². The van der Waals surface area contributed by atoms with Crippen molar-refractivity contribution >= 4 is 17.2 Å². The quantitative estimate of drug-likeness (QED) is 0.747. The molecule has 0 unspecified atom stereocenters. The molecule has 1 aliphatic rings. The molecular weight excluding hydrogens is 222 g/mol. The molecule has 1 aromatic rings. The molecule has 1 aromatic heterocycles. The molecule has 0 saturated carbocycles. The third kappa shape index (κ3) is 2.07. The summed E-state index contributed by atoms with van der Waals surface area (Å²) in [7, 11) is 0. The Balaban J connectivity index is 2.00. The lowest BCUT2D eigenvalue weighted by Crippen LogP contribution is -2.41. The van der Waals surface area contributed by atoms with E-state index in [1.54, 1.807) is 11.7 Å². The Hall–Kier alpha value is -1.41. The average Bonchev–Trinajstić information content (AvgIpc) is 2.83. The molecule has 5 heteroatoms. The largest absolute Gasteiger partial charge is 0.338 e. The van der Waals surface area contributed by atoms with E-state index in [1.807, 2.05) is 11.8 Å². The first-order valence-electron chi connectivity index (χ1n) is 5.24. The zero-order valence-corrected chi connectivity index (χ0v) is 9.96. The van der Waals surface area contributed by atoms with Crippen LogP contribution in [0, 0.1) is 16.7 Å². The molecule has 0 atom stereocenters. The molecule has 1 saturated heterocycles. The number of nitriles is 1. The summed E-state index contributed by atoms with van der Waals surface area (Å²) in [5.41, 5.74) is 1.40. The maximum absolute atomic E-state index is 12.0. The molecule has 0 radical (unpaired) electrons. The Kier molecular flexibility index (Phi) is 2.92. The van der Waals surface area contributed by atoms with Crippen molar-refractivity contribution in [3.05, 3.63) is 16.6 Å². The minimum Gasteiger partial charge on any atom is -0.338 e. The highest BCUT2D eigenvalue weighted by Crippen LogP contribution is 2.30. The molecule has 16 heavy (non-hydrogen) atoms. The van der Waals surface area contributed by atoms with Crippen molar-refractivity contribution in [1.29, 1.82) is 5.26 Å². The number of likely N-dealkylation sites (tertiary alicyclic amines) is 1. The summed E-state index contributed by atoms with van der Waals surface area (Å²) in [5, 5.41) is 9.00. The minimum atomic E-state index is -0.259. The first-order valence-corrected chi connectivity index (χ1v) is 6.12. The van der Waals surface area contributed by atoms with Gasteiger partial charge in [-0.25, -0.2) is 0 Å². The average molecular weight is 235 g/mol. The van der Waals surface area contributed by atoms with Crippen molar-refractivity contribution in [2.45, 2.75) is 19.8 Å². The molecule has 84 valence electrons. The third-order valence-electron chi connectivity index (χ3n) is 3.07. The molecule has 0 N–H and O–H groups in total. The van der Waals surface area contributed by atoms with Gasteiger partial charge in [0.1, 0.15) is 4.88 Å². The molecule has 2 rings (SSSR count). The minimum absolute atomic E-state index is 0.0440. The van der Waals surface area contributed by atoms with Crippen LogP contribution < -0.4 is 0 Å². The van der Waals surface area contributed by atoms with Crippen LogP contribution in [0.3, 0.4) is 0 Å². The number of piperidine rings is 1. The van der Waals surface area contributed by atoms with Gasteiger partial charge in [0, 0.05) is 13.1 Å². The number of hydrogen-bond acceptors (Lipinski definition) is 4. The van der Waals surface area contributed by atoms with Crippen molar-refractivity contribution in [1.82, 2.24) is 9.88 Å². The number of aromatic nitrogens is 1. The van der Waals surface area contributed by atoms with Gasteiger partial charge in [-0.05, 0) is 19.8 Å². The molecule has 0 aromatic carbocycles. The lowest BCUT2D eigenvalue weighted by atomic mass is 9.82. The fraction of sp³-hybridized carbons (Fsp3) is 0.545. The zero-order valence-electron chi connectivity index (χ0n) is 9.14. The van der Waals surface area contributed by atoms with Gasteiger partial charge in [0.05, 0.1) is 23.2 Å². The predicted molar refractivity (Wildman–Crippen MR) is 61.0 cm³/mol. The second-order valence-electron chi connectivity index (χ2n) is 4.33. The van der Waals surface area contributed by atoms with Gasteiger partial charge in [-0.15, -0.1) is 11.3 Å². The fourth-order valence-corrected chi connectivity index (χ4v) is 2.38. The first kappa shape index (κ1) is 11.1. The summed E-state index contributed by atoms with van der Waals surface area (Å²) in [6, 6.07) is 2.33. The summed E-state index contributed by atoms with van der Waals surface area (Å²) in [5.74, 6) is 0.0440. The maximum Gasteiger partial charge on any atom is 0.265 e. The molecule has 0 bridgehead atoms. The van der Waals surface area contributed by atoms with E-state index in [0.29, 0.717) is 18.0 Å². The molecule has 2 heterocycles. The first-order chi connectivity index (χ1) is 7.64. The van der Waals surface area contributed by atoms with E-state index in [4.69, 9.17) is 5.26 Å². The molecule has 0 aliphatic carbocycles. The van der Waals surface area contributed by atoms with Crippen LogP contribution in [0.4, 0.5) is 0 Å². The van der Waals surface area contributed by atoms with Crippen molar-refractivity contribution < 1.29 is 4.79 Å². The molecule has 1 amide bonds. The molecule has 4 nitrogen and oxygen atoms in total. The topological polar surface area (TPSA) is 57.0 Å². The Morgan fingerprint density at radius 1 is 1.62 bits per heavy atom. The third-order valence-corrected chi connectivity index (χ3v) is 3.83. The van der Waals surface area contributed by atoms with Crippen LogP contribution in [0.5, 0.6) is 0 Å². The van der Waals surface area contributed by atoms with Crippen LogP contribution in [0.15, 0.2) is 11.7 Å². The summed E-state index contributed by atoms with van der Waals surface area (Å²) in [6.07, 6.45) is 3.12. The second-order valence-corrected chi connectivity index (χ2v) is 5.22. The Labute approximate surface area is 98.5 Å². The van der Waals surface area contributed by atoms with Gasteiger partial charge >= 0.3 is 0 Å². The normalized spacial score (nSPS) is 19.1. The van der Waals surface area contributed by atoms with Gasteiger partial charge in [0.25, 0.3) is 5.91 Å². The van der Waals surface area contributed by atoms with Gasteiger partial charge in [-0.3, -0.25) is 9.78 Å². The van der Waals surface area contributed by atoms with Gasteiger partial charge in [-0.1, -0.05) is 0 Å². The van der Waals surface area contributed by atoms with Gasteiger partial charge in [-0.2, -0.15) is 5.26 Å². The van der Waals surface area contributed by atoms with Crippen LogP contribution in [-0.4, -0.2) is 28.9 Å². The molecular formula is C11H13N3OS. The highest BCUT2D eigenvalue weighted by Gasteiger charge is 2.32. The lowest BCUT2D eigenvalue weighted by Gasteiger charge is -2.34. The number of hydrogen-bond donors (Lipinski definition) is 0.